The standard InChI is InChI=1S/C14H17ClN4O2/c1-4-18-14(13(19(20)21)10(3)17-18)16-9(2)11-5-7-12(15)8-6-11/h5-9,16H,4H2,1-3H3. The molecule has 0 amide bonds. The third kappa shape index (κ3) is 3.16. The molecule has 0 bridgehead atoms. The van der Waals surface area contributed by atoms with E-state index in [0.29, 0.717) is 23.1 Å². The lowest BCUT2D eigenvalue weighted by Crippen LogP contribution is -2.12. The first-order chi connectivity index (χ1) is 9.93. The molecule has 1 heterocycles. The number of hydrogen-bond donors (Lipinski definition) is 1. The maximum absolute atomic E-state index is 11.2. The molecule has 21 heavy (non-hydrogen) atoms. The summed E-state index contributed by atoms with van der Waals surface area (Å²) < 4.78 is 1.61. The molecule has 1 unspecified atom stereocenters. The average Bonchev–Trinajstić information content (AvgIpc) is 2.75. The number of nitro groups is 1. The van der Waals surface area contributed by atoms with E-state index in [4.69, 9.17) is 11.6 Å². The Bertz CT molecular complexity index is 652. The van der Waals surface area contributed by atoms with Crippen molar-refractivity contribution in [2.45, 2.75) is 33.4 Å². The van der Waals surface area contributed by atoms with E-state index < -0.39 is 4.92 Å². The van der Waals surface area contributed by atoms with Crippen LogP contribution in [0.5, 0.6) is 0 Å². The minimum atomic E-state index is -0.397. The van der Waals surface area contributed by atoms with Crippen molar-refractivity contribution in [1.82, 2.24) is 9.78 Å². The number of hydrogen-bond acceptors (Lipinski definition) is 4. The summed E-state index contributed by atoms with van der Waals surface area (Å²) in [4.78, 5) is 10.8. The van der Waals surface area contributed by atoms with E-state index in [0.717, 1.165) is 5.56 Å². The summed E-state index contributed by atoms with van der Waals surface area (Å²) in [7, 11) is 0. The highest BCUT2D eigenvalue weighted by Gasteiger charge is 2.26. The number of halogens is 1. The van der Waals surface area contributed by atoms with Crippen LogP contribution < -0.4 is 5.32 Å². The van der Waals surface area contributed by atoms with Gasteiger partial charge in [-0.2, -0.15) is 5.10 Å². The van der Waals surface area contributed by atoms with E-state index in [-0.39, 0.29) is 11.7 Å². The third-order valence-corrected chi connectivity index (χ3v) is 3.55. The predicted octanol–water partition coefficient (Wildman–Crippen LogP) is 3.95. The van der Waals surface area contributed by atoms with E-state index in [2.05, 4.69) is 10.4 Å². The zero-order valence-electron chi connectivity index (χ0n) is 12.1. The summed E-state index contributed by atoms with van der Waals surface area (Å²) in [5.74, 6) is 0.433. The normalized spacial score (nSPS) is 12.2. The van der Waals surface area contributed by atoms with Gasteiger partial charge < -0.3 is 5.32 Å². The number of aryl methyl sites for hydroxylation is 2. The van der Waals surface area contributed by atoms with Gasteiger partial charge in [-0.05, 0) is 38.5 Å². The van der Waals surface area contributed by atoms with Crippen molar-refractivity contribution in [2.75, 3.05) is 5.32 Å². The fraction of sp³-hybridized carbons (Fsp3) is 0.357. The lowest BCUT2D eigenvalue weighted by atomic mass is 10.1. The molecule has 0 aliphatic carbocycles. The minimum Gasteiger partial charge on any atom is -0.358 e. The van der Waals surface area contributed by atoms with Gasteiger partial charge in [0.2, 0.25) is 5.82 Å². The van der Waals surface area contributed by atoms with E-state index in [1.807, 2.05) is 26.0 Å². The van der Waals surface area contributed by atoms with Gasteiger partial charge in [0.25, 0.3) is 0 Å². The van der Waals surface area contributed by atoms with Crippen LogP contribution in [-0.2, 0) is 6.54 Å². The molecule has 1 atom stereocenters. The highest BCUT2D eigenvalue weighted by molar-refractivity contribution is 6.30. The first kappa shape index (κ1) is 15.3. The van der Waals surface area contributed by atoms with Crippen molar-refractivity contribution in [2.24, 2.45) is 0 Å². The Morgan fingerprint density at radius 3 is 2.57 bits per heavy atom. The van der Waals surface area contributed by atoms with Gasteiger partial charge in [-0.3, -0.25) is 10.1 Å². The molecule has 0 radical (unpaired) electrons. The molecule has 2 rings (SSSR count). The fourth-order valence-corrected chi connectivity index (χ4v) is 2.33. The van der Waals surface area contributed by atoms with Crippen molar-refractivity contribution in [3.8, 4) is 0 Å². The van der Waals surface area contributed by atoms with E-state index in [1.165, 1.54) is 0 Å². The highest BCUT2D eigenvalue weighted by atomic mass is 35.5. The fourth-order valence-electron chi connectivity index (χ4n) is 2.20. The Hall–Kier alpha value is -2.08. The lowest BCUT2D eigenvalue weighted by molar-refractivity contribution is -0.384. The monoisotopic (exact) mass is 308 g/mol. The molecule has 1 N–H and O–H groups in total. The Labute approximate surface area is 127 Å². The predicted molar refractivity (Wildman–Crippen MR) is 82.8 cm³/mol. The summed E-state index contributed by atoms with van der Waals surface area (Å²) in [6.07, 6.45) is 0. The van der Waals surface area contributed by atoms with Crippen molar-refractivity contribution in [3.63, 3.8) is 0 Å². The van der Waals surface area contributed by atoms with Crippen LogP contribution in [0.25, 0.3) is 0 Å². The molecule has 1 aromatic heterocycles. The van der Waals surface area contributed by atoms with Crippen LogP contribution in [0, 0.1) is 17.0 Å². The second-order valence-electron chi connectivity index (χ2n) is 4.77. The van der Waals surface area contributed by atoms with Gasteiger partial charge in [0, 0.05) is 11.6 Å². The van der Waals surface area contributed by atoms with Crippen LogP contribution in [-0.4, -0.2) is 14.7 Å². The second kappa shape index (κ2) is 6.13. The number of aromatic nitrogens is 2. The number of nitrogens with zero attached hydrogens (tertiary/aromatic N) is 3. The molecule has 0 spiro atoms. The molecule has 0 saturated carbocycles. The number of rotatable bonds is 5. The summed E-state index contributed by atoms with van der Waals surface area (Å²) in [5.41, 5.74) is 1.43. The van der Waals surface area contributed by atoms with Gasteiger partial charge in [-0.1, -0.05) is 23.7 Å². The molecule has 0 fully saturated rings. The van der Waals surface area contributed by atoms with Crippen molar-refractivity contribution in [1.29, 1.82) is 0 Å². The summed E-state index contributed by atoms with van der Waals surface area (Å²) in [6.45, 7) is 6.04. The van der Waals surface area contributed by atoms with Crippen LogP contribution >= 0.6 is 11.6 Å². The lowest BCUT2D eigenvalue weighted by Gasteiger charge is -2.16. The minimum absolute atomic E-state index is 0.0256. The number of benzene rings is 1. The highest BCUT2D eigenvalue weighted by Crippen LogP contribution is 2.31. The summed E-state index contributed by atoms with van der Waals surface area (Å²) in [5, 5.41) is 19.3. The van der Waals surface area contributed by atoms with Gasteiger partial charge in [0.1, 0.15) is 5.69 Å². The first-order valence-electron chi connectivity index (χ1n) is 6.67. The van der Waals surface area contributed by atoms with Crippen LogP contribution in [0.1, 0.15) is 31.1 Å². The molecule has 0 saturated heterocycles. The molecular formula is C14H17ClN4O2. The summed E-state index contributed by atoms with van der Waals surface area (Å²) >= 11 is 5.87. The van der Waals surface area contributed by atoms with E-state index >= 15 is 0 Å². The largest absolute Gasteiger partial charge is 0.358 e. The van der Waals surface area contributed by atoms with Gasteiger partial charge in [0.05, 0.1) is 11.0 Å². The van der Waals surface area contributed by atoms with E-state index in [1.54, 1.807) is 23.7 Å². The SMILES string of the molecule is CCn1nc(C)c([N+](=O)[O-])c1NC(C)c1ccc(Cl)cc1. The van der Waals surface area contributed by atoms with E-state index in [9.17, 15) is 10.1 Å². The van der Waals surface area contributed by atoms with Crippen LogP contribution in [0.15, 0.2) is 24.3 Å². The Kier molecular flexibility index (Phi) is 4.47. The van der Waals surface area contributed by atoms with Crippen LogP contribution in [0.2, 0.25) is 5.02 Å². The molecule has 0 aliphatic heterocycles. The van der Waals surface area contributed by atoms with Crippen molar-refractivity contribution < 1.29 is 4.92 Å². The molecule has 6 nitrogen and oxygen atoms in total. The molecule has 112 valence electrons. The molecule has 1 aromatic carbocycles. The number of anilines is 1. The maximum Gasteiger partial charge on any atom is 0.333 e. The smallest absolute Gasteiger partial charge is 0.333 e. The van der Waals surface area contributed by atoms with Crippen LogP contribution in [0.3, 0.4) is 0 Å². The van der Waals surface area contributed by atoms with Crippen LogP contribution in [0.4, 0.5) is 11.5 Å². The zero-order valence-corrected chi connectivity index (χ0v) is 12.9. The average molecular weight is 309 g/mol. The van der Waals surface area contributed by atoms with Gasteiger partial charge in [-0.25, -0.2) is 4.68 Å². The Balaban J connectivity index is 2.34. The first-order valence-corrected chi connectivity index (χ1v) is 7.05. The topological polar surface area (TPSA) is 73.0 Å². The Morgan fingerprint density at radius 1 is 1.43 bits per heavy atom. The number of nitrogens with one attached hydrogen (secondary N) is 1. The quantitative estimate of drug-likeness (QED) is 0.670. The van der Waals surface area contributed by atoms with Crippen molar-refractivity contribution >= 4 is 23.1 Å². The molecule has 7 heteroatoms. The molecule has 2 aromatic rings. The van der Waals surface area contributed by atoms with Gasteiger partial charge in [-0.15, -0.1) is 0 Å². The van der Waals surface area contributed by atoms with Gasteiger partial charge >= 0.3 is 5.69 Å². The maximum atomic E-state index is 11.2. The second-order valence-corrected chi connectivity index (χ2v) is 5.21. The third-order valence-electron chi connectivity index (χ3n) is 3.30. The summed E-state index contributed by atoms with van der Waals surface area (Å²) in [6, 6.07) is 7.29. The zero-order chi connectivity index (χ0) is 15.6. The Morgan fingerprint density at radius 2 is 2.05 bits per heavy atom. The van der Waals surface area contributed by atoms with Gasteiger partial charge in [0.15, 0.2) is 0 Å². The molecule has 0 aliphatic rings. The van der Waals surface area contributed by atoms with Crippen molar-refractivity contribution in [3.05, 3.63) is 50.7 Å². The molecular weight excluding hydrogens is 292 g/mol.